The van der Waals surface area contributed by atoms with E-state index in [0.717, 1.165) is 23.0 Å². The Morgan fingerprint density at radius 3 is 2.64 bits per heavy atom. The second-order valence-electron chi connectivity index (χ2n) is 6.10. The van der Waals surface area contributed by atoms with E-state index >= 15 is 0 Å². The number of amides is 1. The van der Waals surface area contributed by atoms with Gasteiger partial charge in [-0.2, -0.15) is 0 Å². The Bertz CT molecular complexity index is 854. The fourth-order valence-electron chi connectivity index (χ4n) is 2.66. The molecule has 0 bridgehead atoms. The van der Waals surface area contributed by atoms with Crippen molar-refractivity contribution in [3.8, 4) is 5.75 Å². The Labute approximate surface area is 147 Å². The summed E-state index contributed by atoms with van der Waals surface area (Å²) in [6.07, 6.45) is 2.81. The molecule has 0 fully saturated rings. The summed E-state index contributed by atoms with van der Waals surface area (Å²) < 4.78 is 5.66. The number of carbonyl (C=O) groups excluding carboxylic acids is 1. The lowest BCUT2D eigenvalue weighted by Crippen LogP contribution is -2.20. The predicted molar refractivity (Wildman–Crippen MR) is 101 cm³/mol. The molecule has 2 aromatic carbocycles. The van der Waals surface area contributed by atoms with Crippen LogP contribution in [0.25, 0.3) is 10.9 Å². The van der Waals surface area contributed by atoms with Crippen LogP contribution in [0.2, 0.25) is 0 Å². The van der Waals surface area contributed by atoms with Crippen molar-refractivity contribution in [3.05, 3.63) is 66.4 Å². The Hall–Kier alpha value is -2.88. The predicted octanol–water partition coefficient (Wildman–Crippen LogP) is 4.77. The summed E-state index contributed by atoms with van der Waals surface area (Å²) >= 11 is 0. The van der Waals surface area contributed by atoms with Crippen molar-refractivity contribution in [1.82, 2.24) is 4.98 Å². The highest BCUT2D eigenvalue weighted by Crippen LogP contribution is 2.23. The first-order valence-corrected chi connectivity index (χ1v) is 8.53. The van der Waals surface area contributed by atoms with Crippen LogP contribution in [0.3, 0.4) is 0 Å². The molecule has 4 nitrogen and oxygen atoms in total. The summed E-state index contributed by atoms with van der Waals surface area (Å²) in [6, 6.07) is 17.5. The zero-order chi connectivity index (χ0) is 17.6. The number of ether oxygens (including phenoxy) is 1. The van der Waals surface area contributed by atoms with Gasteiger partial charge in [-0.25, -0.2) is 0 Å². The van der Waals surface area contributed by atoms with Crippen LogP contribution in [0.4, 0.5) is 5.69 Å². The fourth-order valence-corrected chi connectivity index (χ4v) is 2.66. The highest BCUT2D eigenvalue weighted by atomic mass is 16.5. The Kier molecular flexibility index (Phi) is 5.29. The van der Waals surface area contributed by atoms with Gasteiger partial charge in [0, 0.05) is 17.3 Å². The van der Waals surface area contributed by atoms with E-state index in [2.05, 4.69) is 36.3 Å². The topological polar surface area (TPSA) is 51.2 Å². The molecule has 0 aliphatic heterocycles. The Morgan fingerprint density at radius 1 is 1.12 bits per heavy atom. The molecular formula is C21H22N2O2. The van der Waals surface area contributed by atoms with Gasteiger partial charge in [0.1, 0.15) is 11.3 Å². The van der Waals surface area contributed by atoms with Crippen molar-refractivity contribution in [3.63, 3.8) is 0 Å². The smallest absolute Gasteiger partial charge is 0.262 e. The maximum absolute atomic E-state index is 12.1. The van der Waals surface area contributed by atoms with Crippen LogP contribution in [0.5, 0.6) is 5.75 Å². The third kappa shape index (κ3) is 4.15. The summed E-state index contributed by atoms with van der Waals surface area (Å²) in [7, 11) is 0. The number of fused-ring (bicyclic) bond motifs is 1. The molecule has 4 heteroatoms. The molecule has 0 aliphatic carbocycles. The van der Waals surface area contributed by atoms with E-state index in [0.29, 0.717) is 11.7 Å². The largest absolute Gasteiger partial charge is 0.481 e. The van der Waals surface area contributed by atoms with Gasteiger partial charge in [-0.1, -0.05) is 44.2 Å². The lowest BCUT2D eigenvalue weighted by molar-refractivity contribution is -0.118. The SMILES string of the molecule is CC[C@@H](C)c1ccc(NC(=O)COc2cccc3cccnc23)cc1. The number of hydrogen-bond donors (Lipinski definition) is 1. The molecular weight excluding hydrogens is 312 g/mol. The average Bonchev–Trinajstić information content (AvgIpc) is 2.66. The Balaban J connectivity index is 1.61. The lowest BCUT2D eigenvalue weighted by atomic mass is 9.99. The van der Waals surface area contributed by atoms with E-state index in [-0.39, 0.29) is 12.5 Å². The van der Waals surface area contributed by atoms with Gasteiger partial charge in [0.05, 0.1) is 0 Å². The van der Waals surface area contributed by atoms with E-state index in [1.165, 1.54) is 5.56 Å². The zero-order valence-corrected chi connectivity index (χ0v) is 14.5. The quantitative estimate of drug-likeness (QED) is 0.707. The molecule has 0 spiro atoms. The van der Waals surface area contributed by atoms with Crippen LogP contribution in [-0.2, 0) is 4.79 Å². The standard InChI is InChI=1S/C21H22N2O2/c1-3-15(2)16-9-11-18(12-10-16)23-20(24)14-25-19-8-4-6-17-7-5-13-22-21(17)19/h4-13,15H,3,14H2,1-2H3,(H,23,24)/t15-/m1/s1. The summed E-state index contributed by atoms with van der Waals surface area (Å²) in [5.41, 5.74) is 2.81. The molecule has 3 aromatic rings. The molecule has 0 saturated heterocycles. The van der Waals surface area contributed by atoms with E-state index < -0.39 is 0 Å². The maximum Gasteiger partial charge on any atom is 0.262 e. The van der Waals surface area contributed by atoms with Gasteiger partial charge >= 0.3 is 0 Å². The number of nitrogens with zero attached hydrogens (tertiary/aromatic N) is 1. The number of para-hydroxylation sites is 1. The molecule has 1 atom stereocenters. The highest BCUT2D eigenvalue weighted by Gasteiger charge is 2.08. The van der Waals surface area contributed by atoms with Crippen molar-refractivity contribution in [2.75, 3.05) is 11.9 Å². The third-order valence-corrected chi connectivity index (χ3v) is 4.33. The number of anilines is 1. The van der Waals surface area contributed by atoms with Crippen LogP contribution < -0.4 is 10.1 Å². The minimum Gasteiger partial charge on any atom is -0.481 e. The molecule has 1 heterocycles. The van der Waals surface area contributed by atoms with Crippen LogP contribution >= 0.6 is 0 Å². The van der Waals surface area contributed by atoms with Crippen molar-refractivity contribution < 1.29 is 9.53 Å². The lowest BCUT2D eigenvalue weighted by Gasteiger charge is -2.11. The van der Waals surface area contributed by atoms with E-state index in [1.807, 2.05) is 42.5 Å². The molecule has 0 radical (unpaired) electrons. The fraction of sp³-hybridized carbons (Fsp3) is 0.238. The number of rotatable bonds is 6. The number of pyridine rings is 1. The minimum atomic E-state index is -0.191. The van der Waals surface area contributed by atoms with Crippen molar-refractivity contribution in [1.29, 1.82) is 0 Å². The van der Waals surface area contributed by atoms with Crippen LogP contribution in [-0.4, -0.2) is 17.5 Å². The van der Waals surface area contributed by atoms with Crippen LogP contribution in [0.1, 0.15) is 31.7 Å². The molecule has 1 aromatic heterocycles. The maximum atomic E-state index is 12.1. The zero-order valence-electron chi connectivity index (χ0n) is 14.5. The number of nitrogens with one attached hydrogen (secondary N) is 1. The van der Waals surface area contributed by atoms with E-state index in [4.69, 9.17) is 4.74 Å². The average molecular weight is 334 g/mol. The van der Waals surface area contributed by atoms with Gasteiger partial charge in [-0.3, -0.25) is 9.78 Å². The minimum absolute atomic E-state index is 0.0528. The molecule has 1 amide bonds. The van der Waals surface area contributed by atoms with Crippen LogP contribution in [0.15, 0.2) is 60.8 Å². The van der Waals surface area contributed by atoms with Gasteiger partial charge in [-0.15, -0.1) is 0 Å². The van der Waals surface area contributed by atoms with Crippen LogP contribution in [0, 0.1) is 0 Å². The molecule has 128 valence electrons. The Morgan fingerprint density at radius 2 is 1.88 bits per heavy atom. The molecule has 0 unspecified atom stereocenters. The summed E-state index contributed by atoms with van der Waals surface area (Å²) in [4.78, 5) is 16.5. The normalized spacial score (nSPS) is 11.9. The first kappa shape index (κ1) is 17.0. The molecule has 0 saturated carbocycles. The number of aromatic nitrogens is 1. The van der Waals surface area contributed by atoms with Gasteiger partial charge in [0.15, 0.2) is 6.61 Å². The molecule has 25 heavy (non-hydrogen) atoms. The third-order valence-electron chi connectivity index (χ3n) is 4.33. The molecule has 1 N–H and O–H groups in total. The van der Waals surface area contributed by atoms with E-state index in [9.17, 15) is 4.79 Å². The summed E-state index contributed by atoms with van der Waals surface area (Å²) in [5, 5.41) is 3.85. The van der Waals surface area contributed by atoms with Gasteiger partial charge in [-0.05, 0) is 42.2 Å². The summed E-state index contributed by atoms with van der Waals surface area (Å²) in [5.74, 6) is 0.941. The van der Waals surface area contributed by atoms with Gasteiger partial charge < -0.3 is 10.1 Å². The van der Waals surface area contributed by atoms with Gasteiger partial charge in [0.2, 0.25) is 0 Å². The second kappa shape index (κ2) is 7.79. The van der Waals surface area contributed by atoms with Gasteiger partial charge in [0.25, 0.3) is 5.91 Å². The number of hydrogen-bond acceptors (Lipinski definition) is 3. The first-order valence-electron chi connectivity index (χ1n) is 8.53. The molecule has 0 aliphatic rings. The van der Waals surface area contributed by atoms with E-state index in [1.54, 1.807) is 6.20 Å². The first-order chi connectivity index (χ1) is 12.2. The molecule has 3 rings (SSSR count). The van der Waals surface area contributed by atoms with Crippen molar-refractivity contribution >= 4 is 22.5 Å². The highest BCUT2D eigenvalue weighted by molar-refractivity contribution is 5.92. The van der Waals surface area contributed by atoms with Crippen molar-refractivity contribution in [2.24, 2.45) is 0 Å². The summed E-state index contributed by atoms with van der Waals surface area (Å²) in [6.45, 7) is 4.31. The second-order valence-corrected chi connectivity index (χ2v) is 6.10. The monoisotopic (exact) mass is 334 g/mol. The van der Waals surface area contributed by atoms with Crippen molar-refractivity contribution in [2.45, 2.75) is 26.2 Å². The number of benzene rings is 2. The number of carbonyl (C=O) groups is 1.